The summed E-state index contributed by atoms with van der Waals surface area (Å²) in [4.78, 5) is 4.27. The van der Waals surface area contributed by atoms with Crippen molar-refractivity contribution < 1.29 is 14.2 Å². The molecule has 0 aromatic heterocycles. The van der Waals surface area contributed by atoms with E-state index in [1.54, 1.807) is 21.3 Å². The number of ether oxygens (including phenoxy) is 3. The summed E-state index contributed by atoms with van der Waals surface area (Å²) in [5.41, 5.74) is 2.38. The van der Waals surface area contributed by atoms with Crippen molar-refractivity contribution in [3.63, 3.8) is 0 Å². The van der Waals surface area contributed by atoms with E-state index in [0.717, 1.165) is 43.4 Å². The van der Waals surface area contributed by atoms with Crippen molar-refractivity contribution in [2.45, 2.75) is 25.9 Å². The molecule has 2 rings (SSSR count). The van der Waals surface area contributed by atoms with Crippen LogP contribution in [0.5, 0.6) is 11.5 Å². The van der Waals surface area contributed by atoms with E-state index in [4.69, 9.17) is 14.2 Å². The molecule has 1 unspecified atom stereocenters. The third kappa shape index (κ3) is 7.66. The molecule has 6 nitrogen and oxygen atoms in total. The van der Waals surface area contributed by atoms with Gasteiger partial charge >= 0.3 is 0 Å². The highest BCUT2D eigenvalue weighted by atomic mass is 16.5. The fourth-order valence-electron chi connectivity index (χ4n) is 2.94. The van der Waals surface area contributed by atoms with Gasteiger partial charge in [-0.25, -0.2) is 0 Å². The summed E-state index contributed by atoms with van der Waals surface area (Å²) < 4.78 is 16.5. The van der Waals surface area contributed by atoms with Crippen molar-refractivity contribution in [2.75, 3.05) is 41.0 Å². The van der Waals surface area contributed by atoms with E-state index in [2.05, 4.69) is 34.7 Å². The van der Waals surface area contributed by atoms with Crippen molar-refractivity contribution in [1.29, 1.82) is 0 Å². The molecule has 158 valence electrons. The van der Waals surface area contributed by atoms with Crippen LogP contribution in [0.1, 0.15) is 30.6 Å². The summed E-state index contributed by atoms with van der Waals surface area (Å²) in [6, 6.07) is 16.2. The van der Waals surface area contributed by atoms with Crippen molar-refractivity contribution in [2.24, 2.45) is 4.99 Å². The molecule has 0 heterocycles. The number of nitrogens with one attached hydrogen (secondary N) is 2. The van der Waals surface area contributed by atoms with Crippen LogP contribution in [0, 0.1) is 0 Å². The van der Waals surface area contributed by atoms with Gasteiger partial charge in [-0.3, -0.25) is 4.99 Å². The molecule has 0 fully saturated rings. The van der Waals surface area contributed by atoms with Gasteiger partial charge in [0, 0.05) is 26.7 Å². The van der Waals surface area contributed by atoms with Crippen molar-refractivity contribution in [3.8, 4) is 11.5 Å². The molecule has 1 atom stereocenters. The van der Waals surface area contributed by atoms with Gasteiger partial charge in [0.25, 0.3) is 0 Å². The van der Waals surface area contributed by atoms with Crippen LogP contribution < -0.4 is 20.1 Å². The second kappa shape index (κ2) is 12.7. The summed E-state index contributed by atoms with van der Waals surface area (Å²) in [6.45, 7) is 4.36. The predicted octanol–water partition coefficient (Wildman–Crippen LogP) is 3.58. The van der Waals surface area contributed by atoms with Gasteiger partial charge in [-0.2, -0.15) is 0 Å². The first-order valence-corrected chi connectivity index (χ1v) is 10.00. The lowest BCUT2D eigenvalue weighted by atomic mass is 10.1. The third-order valence-corrected chi connectivity index (χ3v) is 4.63. The number of benzene rings is 2. The fourth-order valence-corrected chi connectivity index (χ4v) is 2.94. The van der Waals surface area contributed by atoms with Gasteiger partial charge < -0.3 is 24.8 Å². The zero-order chi connectivity index (χ0) is 20.9. The van der Waals surface area contributed by atoms with Crippen LogP contribution in [0.15, 0.2) is 53.5 Å². The number of aliphatic imine (C=N–C) groups is 1. The quantitative estimate of drug-likeness (QED) is 0.344. The maximum absolute atomic E-state index is 5.90. The van der Waals surface area contributed by atoms with E-state index >= 15 is 0 Å². The average molecular weight is 400 g/mol. The zero-order valence-electron chi connectivity index (χ0n) is 17.9. The van der Waals surface area contributed by atoms with Crippen LogP contribution in [-0.4, -0.2) is 46.9 Å². The molecule has 2 N–H and O–H groups in total. The summed E-state index contributed by atoms with van der Waals surface area (Å²) in [5, 5.41) is 6.66. The van der Waals surface area contributed by atoms with Crippen LogP contribution in [-0.2, 0) is 11.2 Å². The summed E-state index contributed by atoms with van der Waals surface area (Å²) >= 11 is 0. The molecule has 0 radical (unpaired) electrons. The molecule has 6 heteroatoms. The standard InChI is InChI=1S/C23H33N3O3/c1-18(20-9-6-5-7-10-20)29-16-8-14-25-23(24-2)26-15-13-19-11-12-21(27-3)22(17-19)28-4/h5-7,9-12,17-18H,8,13-16H2,1-4H3,(H2,24,25,26). The number of nitrogens with zero attached hydrogens (tertiary/aromatic N) is 1. The molecular weight excluding hydrogens is 366 g/mol. The maximum atomic E-state index is 5.90. The van der Waals surface area contributed by atoms with Crippen LogP contribution in [0.4, 0.5) is 0 Å². The lowest BCUT2D eigenvalue weighted by Crippen LogP contribution is -2.39. The smallest absolute Gasteiger partial charge is 0.190 e. The SMILES string of the molecule is CN=C(NCCCOC(C)c1ccccc1)NCCc1ccc(OC)c(OC)c1. The van der Waals surface area contributed by atoms with Crippen LogP contribution in [0.2, 0.25) is 0 Å². The molecule has 0 bridgehead atoms. The third-order valence-electron chi connectivity index (χ3n) is 4.63. The first-order chi connectivity index (χ1) is 14.2. The molecular formula is C23H33N3O3. The van der Waals surface area contributed by atoms with Gasteiger partial charge in [-0.1, -0.05) is 36.4 Å². The molecule has 0 amide bonds. The molecule has 0 aliphatic heterocycles. The summed E-state index contributed by atoms with van der Waals surface area (Å²) in [5.74, 6) is 2.28. The van der Waals surface area contributed by atoms with Gasteiger partial charge in [-0.15, -0.1) is 0 Å². The molecule has 0 aliphatic rings. The number of methoxy groups -OCH3 is 2. The molecule has 0 saturated carbocycles. The van der Waals surface area contributed by atoms with Gasteiger partial charge in [0.2, 0.25) is 0 Å². The Morgan fingerprint density at radius 1 is 0.966 bits per heavy atom. The van der Waals surface area contributed by atoms with Crippen molar-refractivity contribution in [3.05, 3.63) is 59.7 Å². The summed E-state index contributed by atoms with van der Waals surface area (Å²) in [6.07, 6.45) is 1.88. The number of hydrogen-bond acceptors (Lipinski definition) is 4. The second-order valence-corrected chi connectivity index (χ2v) is 6.64. The predicted molar refractivity (Wildman–Crippen MR) is 118 cm³/mol. The topological polar surface area (TPSA) is 64.1 Å². The minimum absolute atomic E-state index is 0.107. The molecule has 0 aliphatic carbocycles. The minimum atomic E-state index is 0.107. The van der Waals surface area contributed by atoms with E-state index in [0.29, 0.717) is 6.61 Å². The van der Waals surface area contributed by atoms with Gasteiger partial charge in [0.05, 0.1) is 20.3 Å². The van der Waals surface area contributed by atoms with Crippen LogP contribution in [0.25, 0.3) is 0 Å². The Morgan fingerprint density at radius 3 is 2.38 bits per heavy atom. The Labute approximate surface area is 174 Å². The van der Waals surface area contributed by atoms with E-state index in [1.807, 2.05) is 36.4 Å². The Hall–Kier alpha value is -2.73. The Kier molecular flexibility index (Phi) is 9.86. The highest BCUT2D eigenvalue weighted by Crippen LogP contribution is 2.27. The maximum Gasteiger partial charge on any atom is 0.190 e. The van der Waals surface area contributed by atoms with Crippen molar-refractivity contribution >= 4 is 5.96 Å². The van der Waals surface area contributed by atoms with E-state index in [9.17, 15) is 0 Å². The number of rotatable bonds is 11. The second-order valence-electron chi connectivity index (χ2n) is 6.64. The molecule has 29 heavy (non-hydrogen) atoms. The molecule has 0 saturated heterocycles. The fraction of sp³-hybridized carbons (Fsp3) is 0.435. The van der Waals surface area contributed by atoms with Gasteiger partial charge in [-0.05, 0) is 43.0 Å². The highest BCUT2D eigenvalue weighted by Gasteiger charge is 2.06. The number of hydrogen-bond donors (Lipinski definition) is 2. The first-order valence-electron chi connectivity index (χ1n) is 10.00. The van der Waals surface area contributed by atoms with Gasteiger partial charge in [0.1, 0.15) is 0 Å². The first kappa shape index (κ1) is 22.6. The minimum Gasteiger partial charge on any atom is -0.493 e. The Bertz CT molecular complexity index is 750. The van der Waals surface area contributed by atoms with E-state index in [-0.39, 0.29) is 6.10 Å². The van der Waals surface area contributed by atoms with E-state index in [1.165, 1.54) is 11.1 Å². The Morgan fingerprint density at radius 2 is 1.69 bits per heavy atom. The monoisotopic (exact) mass is 399 g/mol. The Balaban J connectivity index is 1.64. The lowest BCUT2D eigenvalue weighted by Gasteiger charge is -2.15. The molecule has 0 spiro atoms. The van der Waals surface area contributed by atoms with Crippen molar-refractivity contribution in [1.82, 2.24) is 10.6 Å². The normalized spacial score (nSPS) is 12.3. The lowest BCUT2D eigenvalue weighted by molar-refractivity contribution is 0.0646. The number of guanidine groups is 1. The largest absolute Gasteiger partial charge is 0.493 e. The summed E-state index contributed by atoms with van der Waals surface area (Å²) in [7, 11) is 5.07. The average Bonchev–Trinajstić information content (AvgIpc) is 2.77. The zero-order valence-corrected chi connectivity index (χ0v) is 17.9. The molecule has 2 aromatic carbocycles. The van der Waals surface area contributed by atoms with Gasteiger partial charge in [0.15, 0.2) is 17.5 Å². The molecule has 2 aromatic rings. The van der Waals surface area contributed by atoms with Crippen LogP contribution in [0.3, 0.4) is 0 Å². The van der Waals surface area contributed by atoms with E-state index < -0.39 is 0 Å². The van der Waals surface area contributed by atoms with Crippen LogP contribution >= 0.6 is 0 Å². The highest BCUT2D eigenvalue weighted by molar-refractivity contribution is 5.79.